The molecule has 0 aliphatic rings. The second kappa shape index (κ2) is 4.38. The fourth-order valence-corrected chi connectivity index (χ4v) is 3.26. The monoisotopic (exact) mass is 283 g/mol. The first kappa shape index (κ1) is 11.5. The summed E-state index contributed by atoms with van der Waals surface area (Å²) in [6, 6.07) is 8.20. The van der Waals surface area contributed by atoms with Crippen LogP contribution in [0.1, 0.15) is 5.69 Å². The van der Waals surface area contributed by atoms with Crippen LogP contribution in [0.5, 0.6) is 5.75 Å². The molecule has 0 spiro atoms. The number of fused-ring (bicyclic) bond motifs is 2. The highest BCUT2D eigenvalue weighted by Crippen LogP contribution is 2.26. The molecule has 0 fully saturated rings. The molecule has 5 heteroatoms. The van der Waals surface area contributed by atoms with Crippen LogP contribution in [0.4, 0.5) is 0 Å². The lowest BCUT2D eigenvalue weighted by Crippen LogP contribution is -1.98. The summed E-state index contributed by atoms with van der Waals surface area (Å²) in [5.74, 6) is 0.909. The Morgan fingerprint density at radius 2 is 2.20 bits per heavy atom. The lowest BCUT2D eigenvalue weighted by molar-refractivity contribution is 0.420. The van der Waals surface area contributed by atoms with Gasteiger partial charge in [0.05, 0.1) is 24.9 Å². The topological polar surface area (TPSA) is 31.5 Å². The van der Waals surface area contributed by atoms with Crippen molar-refractivity contribution < 1.29 is 4.74 Å². The quantitative estimate of drug-likeness (QED) is 0.577. The van der Waals surface area contributed by atoms with Crippen molar-refractivity contribution >= 4 is 27.2 Å². The first-order valence-corrected chi connectivity index (χ1v) is 7.26. The summed E-state index contributed by atoms with van der Waals surface area (Å²) >= 11 is 1.65. The Morgan fingerprint density at radius 1 is 1.25 bits per heavy atom. The number of nitrogens with zero attached hydrogens (tertiary/aromatic N) is 3. The van der Waals surface area contributed by atoms with Crippen molar-refractivity contribution in [1.82, 2.24) is 14.0 Å². The van der Waals surface area contributed by atoms with E-state index in [0.29, 0.717) is 0 Å². The Hall–Kier alpha value is -2.27. The lowest BCUT2D eigenvalue weighted by Gasteiger charge is -2.05. The van der Waals surface area contributed by atoms with Crippen LogP contribution in [0.2, 0.25) is 0 Å². The van der Waals surface area contributed by atoms with Gasteiger partial charge in [0.25, 0.3) is 0 Å². The third-order valence-corrected chi connectivity index (χ3v) is 4.24. The molecule has 3 aromatic heterocycles. The highest BCUT2D eigenvalue weighted by Gasteiger charge is 2.08. The second-order valence-corrected chi connectivity index (χ2v) is 5.53. The van der Waals surface area contributed by atoms with Gasteiger partial charge in [-0.15, -0.1) is 11.3 Å². The number of thiazole rings is 1. The van der Waals surface area contributed by atoms with Gasteiger partial charge in [0.1, 0.15) is 5.75 Å². The Balaban J connectivity index is 1.77. The Kier molecular flexibility index (Phi) is 2.53. The summed E-state index contributed by atoms with van der Waals surface area (Å²) in [5.41, 5.74) is 2.23. The van der Waals surface area contributed by atoms with E-state index in [2.05, 4.69) is 38.5 Å². The van der Waals surface area contributed by atoms with Crippen LogP contribution >= 0.6 is 11.3 Å². The summed E-state index contributed by atoms with van der Waals surface area (Å²) < 4.78 is 9.66. The van der Waals surface area contributed by atoms with Crippen LogP contribution in [0, 0.1) is 0 Å². The molecular formula is C15H13N3OS. The summed E-state index contributed by atoms with van der Waals surface area (Å²) in [6.07, 6.45) is 6.20. The smallest absolute Gasteiger partial charge is 0.193 e. The van der Waals surface area contributed by atoms with Crippen molar-refractivity contribution in [2.45, 2.75) is 6.54 Å². The number of hydrogen-bond acceptors (Lipinski definition) is 3. The van der Waals surface area contributed by atoms with Crippen LogP contribution in [0.15, 0.2) is 48.2 Å². The molecular weight excluding hydrogens is 270 g/mol. The summed E-state index contributed by atoms with van der Waals surface area (Å²) in [6.45, 7) is 0.769. The maximum absolute atomic E-state index is 5.40. The Morgan fingerprint density at radius 3 is 3.05 bits per heavy atom. The molecule has 0 saturated heterocycles. The molecule has 0 unspecified atom stereocenters. The van der Waals surface area contributed by atoms with Crippen molar-refractivity contribution in [2.75, 3.05) is 7.11 Å². The molecule has 0 amide bonds. The SMILES string of the molecule is COc1cccc2c1ccn2Cc1cn2ccsc2n1. The maximum atomic E-state index is 5.40. The molecule has 0 aliphatic heterocycles. The molecule has 20 heavy (non-hydrogen) atoms. The van der Waals surface area contributed by atoms with Gasteiger partial charge in [-0.25, -0.2) is 4.98 Å². The average Bonchev–Trinajstić information content (AvgIpc) is 3.13. The Bertz CT molecular complexity index is 858. The highest BCUT2D eigenvalue weighted by molar-refractivity contribution is 7.15. The molecule has 4 nitrogen and oxygen atoms in total. The van der Waals surface area contributed by atoms with E-state index in [4.69, 9.17) is 4.74 Å². The number of methoxy groups -OCH3 is 1. The molecule has 4 rings (SSSR count). The van der Waals surface area contributed by atoms with E-state index >= 15 is 0 Å². The number of hydrogen-bond donors (Lipinski definition) is 0. The van der Waals surface area contributed by atoms with Gasteiger partial charge in [-0.1, -0.05) is 6.07 Å². The van der Waals surface area contributed by atoms with Crippen LogP contribution in [-0.2, 0) is 6.54 Å². The number of rotatable bonds is 3. The van der Waals surface area contributed by atoms with Gasteiger partial charge in [-0.2, -0.15) is 0 Å². The minimum atomic E-state index is 0.769. The molecule has 1 aromatic carbocycles. The number of ether oxygens (including phenoxy) is 1. The minimum Gasteiger partial charge on any atom is -0.496 e. The zero-order chi connectivity index (χ0) is 13.5. The molecule has 0 saturated carbocycles. The highest BCUT2D eigenvalue weighted by atomic mass is 32.1. The van der Waals surface area contributed by atoms with E-state index in [-0.39, 0.29) is 0 Å². The molecule has 4 aromatic rings. The minimum absolute atomic E-state index is 0.769. The number of aromatic nitrogens is 3. The van der Waals surface area contributed by atoms with Gasteiger partial charge < -0.3 is 9.30 Å². The summed E-state index contributed by atoms with van der Waals surface area (Å²) in [4.78, 5) is 5.66. The van der Waals surface area contributed by atoms with E-state index in [1.54, 1.807) is 18.4 Å². The average molecular weight is 283 g/mol. The van der Waals surface area contributed by atoms with Crippen molar-refractivity contribution in [3.8, 4) is 5.75 Å². The van der Waals surface area contributed by atoms with Gasteiger partial charge >= 0.3 is 0 Å². The molecule has 0 aliphatic carbocycles. The van der Waals surface area contributed by atoms with E-state index in [9.17, 15) is 0 Å². The van der Waals surface area contributed by atoms with Crippen molar-refractivity contribution in [3.05, 3.63) is 53.9 Å². The molecule has 0 N–H and O–H groups in total. The van der Waals surface area contributed by atoms with Gasteiger partial charge in [-0.05, 0) is 18.2 Å². The maximum Gasteiger partial charge on any atom is 0.193 e. The predicted octanol–water partition coefficient (Wildman–Crippen LogP) is 3.41. The first-order valence-electron chi connectivity index (χ1n) is 6.38. The van der Waals surface area contributed by atoms with E-state index in [0.717, 1.165) is 28.3 Å². The zero-order valence-electron chi connectivity index (χ0n) is 11.0. The van der Waals surface area contributed by atoms with E-state index in [1.807, 2.05) is 23.7 Å². The number of imidazole rings is 1. The van der Waals surface area contributed by atoms with Crippen molar-refractivity contribution in [1.29, 1.82) is 0 Å². The standard InChI is InChI=1S/C15H13N3OS/c1-19-14-4-2-3-13-12(14)5-6-17(13)9-11-10-18-7-8-20-15(18)16-11/h2-8,10H,9H2,1H3. The molecule has 3 heterocycles. The normalized spacial score (nSPS) is 11.4. The first-order chi connectivity index (χ1) is 9.85. The van der Waals surface area contributed by atoms with Gasteiger partial charge in [-0.3, -0.25) is 4.40 Å². The van der Waals surface area contributed by atoms with Crippen molar-refractivity contribution in [3.63, 3.8) is 0 Å². The molecule has 0 bridgehead atoms. The fraction of sp³-hybridized carbons (Fsp3) is 0.133. The zero-order valence-corrected chi connectivity index (χ0v) is 11.8. The van der Waals surface area contributed by atoms with Crippen LogP contribution in [0.25, 0.3) is 15.9 Å². The van der Waals surface area contributed by atoms with E-state index in [1.165, 1.54) is 5.52 Å². The van der Waals surface area contributed by atoms with Crippen LogP contribution in [0.3, 0.4) is 0 Å². The van der Waals surface area contributed by atoms with E-state index < -0.39 is 0 Å². The largest absolute Gasteiger partial charge is 0.496 e. The van der Waals surface area contributed by atoms with Gasteiger partial charge in [0.2, 0.25) is 0 Å². The van der Waals surface area contributed by atoms with Gasteiger partial charge in [0, 0.05) is 29.4 Å². The third-order valence-electron chi connectivity index (χ3n) is 3.47. The molecule has 0 radical (unpaired) electrons. The van der Waals surface area contributed by atoms with Crippen molar-refractivity contribution in [2.24, 2.45) is 0 Å². The number of benzene rings is 1. The Labute approximate surface area is 119 Å². The van der Waals surface area contributed by atoms with Crippen LogP contribution < -0.4 is 4.74 Å². The third kappa shape index (κ3) is 1.71. The molecule has 100 valence electrons. The second-order valence-electron chi connectivity index (χ2n) is 4.66. The summed E-state index contributed by atoms with van der Waals surface area (Å²) in [7, 11) is 1.70. The molecule has 0 atom stereocenters. The summed E-state index contributed by atoms with van der Waals surface area (Å²) in [5, 5.41) is 3.18. The lowest BCUT2D eigenvalue weighted by atomic mass is 10.2. The predicted molar refractivity (Wildman–Crippen MR) is 80.7 cm³/mol. The van der Waals surface area contributed by atoms with Crippen LogP contribution in [-0.4, -0.2) is 21.1 Å². The fourth-order valence-electron chi connectivity index (χ4n) is 2.54. The van der Waals surface area contributed by atoms with Gasteiger partial charge in [0.15, 0.2) is 4.96 Å².